The van der Waals surface area contributed by atoms with Crippen LogP contribution in [0.3, 0.4) is 0 Å². The summed E-state index contributed by atoms with van der Waals surface area (Å²) >= 11 is 2.06. The first-order chi connectivity index (χ1) is 6.27. The third-order valence-corrected chi connectivity index (χ3v) is 3.66. The number of esters is 1. The van der Waals surface area contributed by atoms with Crippen molar-refractivity contribution in [2.75, 3.05) is 0 Å². The van der Waals surface area contributed by atoms with Gasteiger partial charge in [0.1, 0.15) is 6.10 Å². The molecule has 0 bridgehead atoms. The summed E-state index contributed by atoms with van der Waals surface area (Å²) in [6.45, 7) is 0. The van der Waals surface area contributed by atoms with Gasteiger partial charge in [0.05, 0.1) is 3.58 Å². The van der Waals surface area contributed by atoms with E-state index < -0.39 is 0 Å². The van der Waals surface area contributed by atoms with Crippen molar-refractivity contribution in [3.8, 4) is 0 Å². The number of cyclic esters (lactones) is 1. The number of ether oxygens (including phenoxy) is 1. The summed E-state index contributed by atoms with van der Waals surface area (Å²) in [4.78, 5) is 11.1. The van der Waals surface area contributed by atoms with E-state index in [2.05, 4.69) is 22.6 Å². The highest BCUT2D eigenvalue weighted by atomic mass is 127. The highest BCUT2D eigenvalue weighted by molar-refractivity contribution is 14.1. The topological polar surface area (TPSA) is 26.3 Å². The van der Waals surface area contributed by atoms with Crippen LogP contribution in [0.25, 0.3) is 0 Å². The van der Waals surface area contributed by atoms with E-state index in [-0.39, 0.29) is 12.1 Å². The Balaban J connectivity index is 1.98. The molecule has 1 aliphatic carbocycles. The van der Waals surface area contributed by atoms with Gasteiger partial charge in [-0.1, -0.05) is 19.3 Å². The van der Waals surface area contributed by atoms with Crippen LogP contribution < -0.4 is 0 Å². The average Bonchev–Trinajstić information content (AvgIpc) is 2.49. The van der Waals surface area contributed by atoms with E-state index >= 15 is 0 Å². The van der Waals surface area contributed by atoms with Crippen LogP contribution in [0.4, 0.5) is 0 Å². The van der Waals surface area contributed by atoms with E-state index in [1.165, 1.54) is 32.1 Å². The Morgan fingerprint density at radius 2 is 2.00 bits per heavy atom. The predicted molar refractivity (Wildman–Crippen MR) is 58.6 cm³/mol. The van der Waals surface area contributed by atoms with Gasteiger partial charge in [-0.05, 0) is 47.4 Å². The zero-order valence-corrected chi connectivity index (χ0v) is 9.62. The Morgan fingerprint density at radius 3 is 2.54 bits per heavy atom. The third-order valence-electron chi connectivity index (χ3n) is 2.86. The molecule has 13 heavy (non-hydrogen) atoms. The van der Waals surface area contributed by atoms with E-state index in [1.807, 2.05) is 6.08 Å². The van der Waals surface area contributed by atoms with Crippen molar-refractivity contribution in [1.82, 2.24) is 0 Å². The van der Waals surface area contributed by atoms with Crippen LogP contribution in [-0.4, -0.2) is 12.1 Å². The van der Waals surface area contributed by atoms with Crippen molar-refractivity contribution in [1.29, 1.82) is 0 Å². The smallest absolute Gasteiger partial charge is 0.344 e. The fourth-order valence-corrected chi connectivity index (χ4v) is 2.60. The summed E-state index contributed by atoms with van der Waals surface area (Å²) in [6.07, 6.45) is 8.44. The molecule has 0 aromatic heterocycles. The second kappa shape index (κ2) is 3.98. The fraction of sp³-hybridized carbons (Fsp3) is 0.700. The molecule has 0 aromatic rings. The van der Waals surface area contributed by atoms with Crippen LogP contribution in [0.15, 0.2) is 9.66 Å². The molecule has 1 fully saturated rings. The molecule has 1 aliphatic heterocycles. The number of carbonyl (C=O) groups is 1. The van der Waals surface area contributed by atoms with Crippen molar-refractivity contribution in [2.24, 2.45) is 5.92 Å². The molecule has 72 valence electrons. The molecule has 1 saturated carbocycles. The van der Waals surface area contributed by atoms with Gasteiger partial charge >= 0.3 is 5.97 Å². The van der Waals surface area contributed by atoms with Crippen LogP contribution >= 0.6 is 22.6 Å². The Morgan fingerprint density at radius 1 is 1.31 bits per heavy atom. The van der Waals surface area contributed by atoms with Crippen molar-refractivity contribution in [3.05, 3.63) is 9.66 Å². The highest BCUT2D eigenvalue weighted by Gasteiger charge is 2.31. The van der Waals surface area contributed by atoms with Crippen LogP contribution in [0, 0.1) is 5.92 Å². The summed E-state index contributed by atoms with van der Waals surface area (Å²) in [5.74, 6) is 0.459. The quantitative estimate of drug-likeness (QED) is 0.549. The van der Waals surface area contributed by atoms with Gasteiger partial charge in [0, 0.05) is 0 Å². The summed E-state index contributed by atoms with van der Waals surface area (Å²) in [5, 5.41) is 0. The second-order valence-corrected chi connectivity index (χ2v) is 4.94. The van der Waals surface area contributed by atoms with Gasteiger partial charge in [0.25, 0.3) is 0 Å². The Kier molecular flexibility index (Phi) is 2.91. The van der Waals surface area contributed by atoms with Crippen LogP contribution in [0.2, 0.25) is 0 Å². The largest absolute Gasteiger partial charge is 0.454 e. The second-order valence-electron chi connectivity index (χ2n) is 3.78. The molecule has 1 unspecified atom stereocenters. The molecule has 1 heterocycles. The lowest BCUT2D eigenvalue weighted by atomic mass is 9.85. The normalized spacial score (nSPS) is 30.1. The van der Waals surface area contributed by atoms with E-state index in [1.54, 1.807) is 0 Å². The highest BCUT2D eigenvalue weighted by Crippen LogP contribution is 2.33. The minimum atomic E-state index is -0.129. The molecule has 0 N–H and O–H groups in total. The molecule has 0 spiro atoms. The molecule has 0 aromatic carbocycles. The zero-order valence-electron chi connectivity index (χ0n) is 7.46. The monoisotopic (exact) mass is 292 g/mol. The van der Waals surface area contributed by atoms with Gasteiger partial charge in [0.2, 0.25) is 0 Å². The van der Waals surface area contributed by atoms with Gasteiger partial charge < -0.3 is 4.74 Å². The van der Waals surface area contributed by atoms with Gasteiger partial charge in [-0.25, -0.2) is 4.79 Å². The lowest BCUT2D eigenvalue weighted by Gasteiger charge is -2.25. The Hall–Kier alpha value is -0.0600. The standard InChI is InChI=1S/C10H13IO2/c11-8-6-9(13-10(8)12)7-4-2-1-3-5-7/h6-7,9H,1-5H2. The summed E-state index contributed by atoms with van der Waals surface area (Å²) < 4.78 is 6.03. The van der Waals surface area contributed by atoms with E-state index in [9.17, 15) is 4.79 Å². The number of hydrogen-bond donors (Lipinski definition) is 0. The SMILES string of the molecule is O=C1OC(C2CCCCC2)C=C1I. The van der Waals surface area contributed by atoms with Crippen LogP contribution in [-0.2, 0) is 9.53 Å². The minimum Gasteiger partial charge on any atom is -0.454 e. The molecule has 0 radical (unpaired) electrons. The lowest BCUT2D eigenvalue weighted by molar-refractivity contribution is -0.141. The molecule has 0 saturated heterocycles. The maximum absolute atomic E-state index is 11.1. The van der Waals surface area contributed by atoms with Gasteiger partial charge in [0.15, 0.2) is 0 Å². The summed E-state index contributed by atoms with van der Waals surface area (Å²) in [5.41, 5.74) is 0. The van der Waals surface area contributed by atoms with E-state index in [4.69, 9.17) is 4.74 Å². The maximum atomic E-state index is 11.1. The summed E-state index contributed by atoms with van der Waals surface area (Å²) in [7, 11) is 0. The average molecular weight is 292 g/mol. The Bertz CT molecular complexity index is 241. The van der Waals surface area contributed by atoms with Crippen molar-refractivity contribution in [2.45, 2.75) is 38.2 Å². The molecular weight excluding hydrogens is 279 g/mol. The molecule has 2 aliphatic rings. The molecule has 1 atom stereocenters. The number of halogens is 1. The van der Waals surface area contributed by atoms with E-state index in [0.29, 0.717) is 5.92 Å². The van der Waals surface area contributed by atoms with Gasteiger partial charge in [-0.3, -0.25) is 0 Å². The first kappa shape index (κ1) is 9.49. The molecule has 2 rings (SSSR count). The molecule has 0 amide bonds. The summed E-state index contributed by atoms with van der Waals surface area (Å²) in [6, 6.07) is 0. The molecular formula is C10H13IO2. The maximum Gasteiger partial charge on any atom is 0.344 e. The molecule has 3 heteroatoms. The van der Waals surface area contributed by atoms with Crippen molar-refractivity contribution < 1.29 is 9.53 Å². The first-order valence-corrected chi connectivity index (χ1v) is 5.93. The van der Waals surface area contributed by atoms with E-state index in [0.717, 1.165) is 3.58 Å². The van der Waals surface area contributed by atoms with Gasteiger partial charge in [-0.15, -0.1) is 0 Å². The lowest BCUT2D eigenvalue weighted by Crippen LogP contribution is -2.22. The zero-order chi connectivity index (χ0) is 9.26. The number of rotatable bonds is 1. The Labute approximate surface area is 91.9 Å². The van der Waals surface area contributed by atoms with Crippen molar-refractivity contribution >= 4 is 28.6 Å². The minimum absolute atomic E-state index is 0.0831. The fourth-order valence-electron chi connectivity index (χ4n) is 2.12. The first-order valence-electron chi connectivity index (χ1n) is 4.85. The van der Waals surface area contributed by atoms with Crippen LogP contribution in [0.1, 0.15) is 32.1 Å². The predicted octanol–water partition coefficient (Wildman–Crippen LogP) is 2.81. The number of carbonyl (C=O) groups excluding carboxylic acids is 1. The number of hydrogen-bond acceptors (Lipinski definition) is 2. The van der Waals surface area contributed by atoms with Gasteiger partial charge in [-0.2, -0.15) is 0 Å². The van der Waals surface area contributed by atoms with Crippen molar-refractivity contribution in [3.63, 3.8) is 0 Å². The third kappa shape index (κ3) is 2.06. The van der Waals surface area contributed by atoms with Crippen LogP contribution in [0.5, 0.6) is 0 Å². The molecule has 2 nitrogen and oxygen atoms in total.